The lowest BCUT2D eigenvalue weighted by Gasteiger charge is -2.21. The lowest BCUT2D eigenvalue weighted by atomic mass is 9.86. The first-order valence-electron chi connectivity index (χ1n) is 4.59. The molecule has 0 amide bonds. The maximum absolute atomic E-state index is 11.5. The van der Waals surface area contributed by atoms with Crippen molar-refractivity contribution in [2.24, 2.45) is 5.73 Å². The Morgan fingerprint density at radius 3 is 3.31 bits per heavy atom. The highest BCUT2D eigenvalue weighted by molar-refractivity contribution is 5.24. The van der Waals surface area contributed by atoms with E-state index in [2.05, 4.69) is 9.97 Å². The highest BCUT2D eigenvalue weighted by Crippen LogP contribution is 2.25. The highest BCUT2D eigenvalue weighted by Gasteiger charge is 2.22. The number of nitrogens with two attached hydrogens (primary N) is 1. The molecule has 4 heteroatoms. The van der Waals surface area contributed by atoms with Crippen LogP contribution in [-0.4, -0.2) is 16.5 Å². The third-order valence-electron chi connectivity index (χ3n) is 2.63. The van der Waals surface area contributed by atoms with E-state index in [4.69, 9.17) is 5.73 Å². The van der Waals surface area contributed by atoms with Crippen LogP contribution in [0.25, 0.3) is 0 Å². The van der Waals surface area contributed by atoms with Crippen LogP contribution in [0.3, 0.4) is 0 Å². The van der Waals surface area contributed by atoms with Gasteiger partial charge in [0, 0.05) is 11.5 Å². The van der Waals surface area contributed by atoms with E-state index in [1.807, 2.05) is 0 Å². The van der Waals surface area contributed by atoms with Gasteiger partial charge in [-0.1, -0.05) is 0 Å². The van der Waals surface area contributed by atoms with Gasteiger partial charge in [-0.3, -0.25) is 4.79 Å². The Hall–Kier alpha value is -1.16. The number of hydrogen-bond donors (Lipinski definition) is 2. The first-order chi connectivity index (χ1) is 6.33. The molecule has 1 aromatic rings. The monoisotopic (exact) mass is 179 g/mol. The Morgan fingerprint density at radius 2 is 2.54 bits per heavy atom. The zero-order valence-corrected chi connectivity index (χ0v) is 7.42. The van der Waals surface area contributed by atoms with Crippen LogP contribution in [0.1, 0.15) is 30.0 Å². The number of rotatable bonds is 1. The van der Waals surface area contributed by atoms with Crippen molar-refractivity contribution in [3.8, 4) is 0 Å². The van der Waals surface area contributed by atoms with E-state index in [0.717, 1.165) is 30.5 Å². The first kappa shape index (κ1) is 8.44. The minimum Gasteiger partial charge on any atom is -0.330 e. The molecule has 4 nitrogen and oxygen atoms in total. The summed E-state index contributed by atoms with van der Waals surface area (Å²) in [6.45, 7) is 0.543. The van der Waals surface area contributed by atoms with Crippen LogP contribution >= 0.6 is 0 Å². The Balaban J connectivity index is 2.53. The summed E-state index contributed by atoms with van der Waals surface area (Å²) in [4.78, 5) is 18.3. The van der Waals surface area contributed by atoms with Gasteiger partial charge >= 0.3 is 0 Å². The molecule has 3 N–H and O–H groups in total. The fraction of sp³-hybridized carbons (Fsp3) is 0.556. The van der Waals surface area contributed by atoms with E-state index in [9.17, 15) is 4.79 Å². The van der Waals surface area contributed by atoms with Crippen molar-refractivity contribution in [1.29, 1.82) is 0 Å². The summed E-state index contributed by atoms with van der Waals surface area (Å²) < 4.78 is 0. The number of aromatic nitrogens is 2. The number of nitrogens with one attached hydrogen (secondary N) is 1. The highest BCUT2D eigenvalue weighted by atomic mass is 16.1. The van der Waals surface area contributed by atoms with Crippen molar-refractivity contribution in [3.63, 3.8) is 0 Å². The van der Waals surface area contributed by atoms with Crippen LogP contribution in [0, 0.1) is 0 Å². The van der Waals surface area contributed by atoms with Gasteiger partial charge in [-0.15, -0.1) is 0 Å². The van der Waals surface area contributed by atoms with E-state index in [0.29, 0.717) is 6.54 Å². The van der Waals surface area contributed by atoms with Crippen molar-refractivity contribution in [2.45, 2.75) is 25.2 Å². The number of fused-ring (bicyclic) bond motifs is 1. The van der Waals surface area contributed by atoms with Crippen molar-refractivity contribution in [1.82, 2.24) is 9.97 Å². The van der Waals surface area contributed by atoms with E-state index >= 15 is 0 Å². The van der Waals surface area contributed by atoms with Gasteiger partial charge in [0.05, 0.1) is 12.0 Å². The molecule has 0 saturated heterocycles. The van der Waals surface area contributed by atoms with Crippen LogP contribution in [0.4, 0.5) is 0 Å². The minimum atomic E-state index is -0.0137. The van der Waals surface area contributed by atoms with Crippen LogP contribution in [0.15, 0.2) is 11.1 Å². The number of nitrogens with zero attached hydrogens (tertiary/aromatic N) is 1. The van der Waals surface area contributed by atoms with Gasteiger partial charge < -0.3 is 10.7 Å². The molecule has 1 aliphatic carbocycles. The zero-order chi connectivity index (χ0) is 9.26. The topological polar surface area (TPSA) is 71.8 Å². The van der Waals surface area contributed by atoms with Gasteiger partial charge in [-0.25, -0.2) is 4.98 Å². The molecule has 1 aliphatic rings. The fourth-order valence-electron chi connectivity index (χ4n) is 1.96. The van der Waals surface area contributed by atoms with Crippen LogP contribution in [0.5, 0.6) is 0 Å². The first-order valence-corrected chi connectivity index (χ1v) is 4.59. The number of H-pyrrole nitrogens is 1. The summed E-state index contributed by atoms with van der Waals surface area (Å²) in [5.74, 6) is 0.209. The molecule has 0 aromatic carbocycles. The van der Waals surface area contributed by atoms with Crippen LogP contribution in [-0.2, 0) is 6.42 Å². The predicted octanol–water partition coefficient (Wildman–Crippen LogP) is 0.148. The van der Waals surface area contributed by atoms with Crippen molar-refractivity contribution < 1.29 is 0 Å². The maximum Gasteiger partial charge on any atom is 0.254 e. The summed E-state index contributed by atoms with van der Waals surface area (Å²) in [5.41, 5.74) is 7.34. The van der Waals surface area contributed by atoms with E-state index in [1.165, 1.54) is 6.33 Å². The Bertz CT molecular complexity index is 358. The summed E-state index contributed by atoms with van der Waals surface area (Å²) in [7, 11) is 0. The molecule has 0 spiro atoms. The standard InChI is InChI=1S/C9H13N3O/c10-4-6-2-1-3-7-8(6)9(13)12-5-11-7/h5-6H,1-4,10H2,(H,11,12,13). The van der Waals surface area contributed by atoms with Gasteiger partial charge in [-0.05, 0) is 25.8 Å². The normalized spacial score (nSPS) is 21.2. The lowest BCUT2D eigenvalue weighted by molar-refractivity contribution is 0.543. The Labute approximate surface area is 76.2 Å². The molecule has 1 atom stereocenters. The SMILES string of the molecule is NCC1CCCc2nc[nH]c(=O)c21. The van der Waals surface area contributed by atoms with E-state index in [-0.39, 0.29) is 11.5 Å². The second-order valence-corrected chi connectivity index (χ2v) is 3.42. The molecule has 0 bridgehead atoms. The largest absolute Gasteiger partial charge is 0.330 e. The molecule has 13 heavy (non-hydrogen) atoms. The molecular formula is C9H13N3O. The molecule has 1 aromatic heterocycles. The third-order valence-corrected chi connectivity index (χ3v) is 2.63. The summed E-state index contributed by atoms with van der Waals surface area (Å²) in [6.07, 6.45) is 4.49. The number of aryl methyl sites for hydroxylation is 1. The smallest absolute Gasteiger partial charge is 0.254 e. The summed E-state index contributed by atoms with van der Waals surface area (Å²) in [5, 5.41) is 0. The molecular weight excluding hydrogens is 166 g/mol. The molecule has 70 valence electrons. The summed E-state index contributed by atoms with van der Waals surface area (Å²) in [6, 6.07) is 0. The molecule has 0 fully saturated rings. The van der Waals surface area contributed by atoms with Crippen LogP contribution < -0.4 is 11.3 Å². The van der Waals surface area contributed by atoms with E-state index in [1.54, 1.807) is 0 Å². The van der Waals surface area contributed by atoms with Gasteiger partial charge in [0.25, 0.3) is 5.56 Å². The second-order valence-electron chi connectivity index (χ2n) is 3.42. The molecule has 0 saturated carbocycles. The zero-order valence-electron chi connectivity index (χ0n) is 7.42. The molecule has 2 rings (SSSR count). The van der Waals surface area contributed by atoms with Gasteiger partial charge in [0.1, 0.15) is 0 Å². The van der Waals surface area contributed by atoms with Gasteiger partial charge in [0.15, 0.2) is 0 Å². The maximum atomic E-state index is 11.5. The average molecular weight is 179 g/mol. The quantitative estimate of drug-likeness (QED) is 0.644. The number of aromatic amines is 1. The summed E-state index contributed by atoms with van der Waals surface area (Å²) >= 11 is 0. The van der Waals surface area contributed by atoms with Gasteiger partial charge in [-0.2, -0.15) is 0 Å². The predicted molar refractivity (Wildman–Crippen MR) is 49.6 cm³/mol. The molecule has 0 aliphatic heterocycles. The Kier molecular flexibility index (Phi) is 2.14. The average Bonchev–Trinajstić information content (AvgIpc) is 2.17. The Morgan fingerprint density at radius 1 is 1.69 bits per heavy atom. The molecule has 0 radical (unpaired) electrons. The van der Waals surface area contributed by atoms with Crippen molar-refractivity contribution in [3.05, 3.63) is 27.9 Å². The molecule has 1 unspecified atom stereocenters. The van der Waals surface area contributed by atoms with Gasteiger partial charge in [0.2, 0.25) is 0 Å². The van der Waals surface area contributed by atoms with Crippen molar-refractivity contribution in [2.75, 3.05) is 6.54 Å². The van der Waals surface area contributed by atoms with E-state index < -0.39 is 0 Å². The third kappa shape index (κ3) is 1.37. The fourth-order valence-corrected chi connectivity index (χ4v) is 1.96. The minimum absolute atomic E-state index is 0.0137. The van der Waals surface area contributed by atoms with Crippen LogP contribution in [0.2, 0.25) is 0 Å². The lowest BCUT2D eigenvalue weighted by Crippen LogP contribution is -2.27. The second kappa shape index (κ2) is 3.30. The molecule has 1 heterocycles. The number of hydrogen-bond acceptors (Lipinski definition) is 3. The van der Waals surface area contributed by atoms with Crippen molar-refractivity contribution >= 4 is 0 Å².